The van der Waals surface area contributed by atoms with Crippen molar-refractivity contribution in [1.29, 1.82) is 0 Å². The standard InChI is InChI=1S/C30H32F4S3/c1-3-5-7-9-11-19-13-14-21(35-19)22-15-16-23(36-22)24-17-18-25(37-24)26-29(33)27(31)20(28(32)30(26)34)12-10-8-6-4-2/h13-18H,3-12H2,1-2H3. The van der Waals surface area contributed by atoms with Crippen LogP contribution in [0.5, 0.6) is 0 Å². The summed E-state index contributed by atoms with van der Waals surface area (Å²) in [4.78, 5) is 5.67. The zero-order valence-electron chi connectivity index (χ0n) is 21.3. The van der Waals surface area contributed by atoms with Gasteiger partial charge in [0, 0.05) is 34.8 Å². The van der Waals surface area contributed by atoms with Crippen molar-refractivity contribution in [2.24, 2.45) is 0 Å². The Hall–Kier alpha value is -1.96. The van der Waals surface area contributed by atoms with Crippen molar-refractivity contribution >= 4 is 34.0 Å². The van der Waals surface area contributed by atoms with Crippen LogP contribution in [0.15, 0.2) is 36.4 Å². The van der Waals surface area contributed by atoms with Gasteiger partial charge in [-0.05, 0) is 62.1 Å². The first kappa shape index (κ1) is 28.1. The van der Waals surface area contributed by atoms with Gasteiger partial charge in [-0.15, -0.1) is 34.0 Å². The van der Waals surface area contributed by atoms with Crippen LogP contribution in [0.4, 0.5) is 17.6 Å². The van der Waals surface area contributed by atoms with Crippen LogP contribution in [0.3, 0.4) is 0 Å². The average Bonchev–Trinajstić information content (AvgIpc) is 3.66. The highest BCUT2D eigenvalue weighted by atomic mass is 32.1. The van der Waals surface area contributed by atoms with E-state index >= 15 is 0 Å². The lowest BCUT2D eigenvalue weighted by Crippen LogP contribution is -2.06. The molecule has 0 saturated heterocycles. The highest BCUT2D eigenvalue weighted by Crippen LogP contribution is 2.43. The lowest BCUT2D eigenvalue weighted by Gasteiger charge is -2.11. The zero-order chi connectivity index (χ0) is 26.4. The highest BCUT2D eigenvalue weighted by molar-refractivity contribution is 7.27. The Kier molecular flexibility index (Phi) is 10.0. The van der Waals surface area contributed by atoms with Crippen molar-refractivity contribution in [3.8, 4) is 29.9 Å². The second kappa shape index (κ2) is 13.2. The third-order valence-corrected chi connectivity index (χ3v) is 10.2. The van der Waals surface area contributed by atoms with Gasteiger partial charge in [0.25, 0.3) is 0 Å². The summed E-state index contributed by atoms with van der Waals surface area (Å²) in [6.45, 7) is 4.24. The fraction of sp³-hybridized carbons (Fsp3) is 0.400. The molecule has 0 bridgehead atoms. The van der Waals surface area contributed by atoms with Crippen molar-refractivity contribution in [1.82, 2.24) is 0 Å². The number of aryl methyl sites for hydroxylation is 1. The molecule has 3 heterocycles. The Balaban J connectivity index is 1.52. The minimum atomic E-state index is -1.31. The van der Waals surface area contributed by atoms with E-state index in [9.17, 15) is 17.6 Å². The average molecular weight is 565 g/mol. The van der Waals surface area contributed by atoms with E-state index in [0.29, 0.717) is 6.42 Å². The van der Waals surface area contributed by atoms with Gasteiger partial charge in [-0.25, -0.2) is 17.6 Å². The van der Waals surface area contributed by atoms with Crippen molar-refractivity contribution in [2.75, 3.05) is 0 Å². The number of hydrogen-bond acceptors (Lipinski definition) is 3. The van der Waals surface area contributed by atoms with Crippen molar-refractivity contribution < 1.29 is 17.6 Å². The first-order valence-electron chi connectivity index (χ1n) is 13.1. The number of halogens is 4. The summed E-state index contributed by atoms with van der Waals surface area (Å²) in [6.07, 6.45) is 9.18. The molecule has 0 nitrogen and oxygen atoms in total. The second-order valence-electron chi connectivity index (χ2n) is 9.32. The molecule has 0 aliphatic carbocycles. The number of rotatable bonds is 13. The third-order valence-electron chi connectivity index (χ3n) is 6.52. The Morgan fingerprint density at radius 2 is 0.946 bits per heavy atom. The predicted molar refractivity (Wildman–Crippen MR) is 152 cm³/mol. The molecule has 0 atom stereocenters. The molecule has 4 rings (SSSR count). The van der Waals surface area contributed by atoms with Crippen LogP contribution < -0.4 is 0 Å². The van der Waals surface area contributed by atoms with Gasteiger partial charge >= 0.3 is 0 Å². The molecule has 0 amide bonds. The van der Waals surface area contributed by atoms with Gasteiger partial charge in [-0.3, -0.25) is 0 Å². The lowest BCUT2D eigenvalue weighted by molar-refractivity contribution is 0.440. The summed E-state index contributed by atoms with van der Waals surface area (Å²) in [6, 6.07) is 11.7. The summed E-state index contributed by atoms with van der Waals surface area (Å²) < 4.78 is 59.5. The van der Waals surface area contributed by atoms with Crippen LogP contribution in [-0.4, -0.2) is 0 Å². The SMILES string of the molecule is CCCCCCc1ccc(-c2ccc(-c3ccc(-c4c(F)c(F)c(CCCCCC)c(F)c4F)s3)s2)s1. The molecule has 0 fully saturated rings. The normalized spacial score (nSPS) is 11.5. The first-order valence-corrected chi connectivity index (χ1v) is 15.5. The molecule has 1 aromatic carbocycles. The molecule has 198 valence electrons. The number of benzene rings is 1. The van der Waals surface area contributed by atoms with Gasteiger partial charge in [0.05, 0.1) is 5.56 Å². The quantitative estimate of drug-likeness (QED) is 0.0860. The van der Waals surface area contributed by atoms with Crippen molar-refractivity contribution in [3.05, 3.63) is 70.1 Å². The van der Waals surface area contributed by atoms with Gasteiger partial charge in [0.15, 0.2) is 23.3 Å². The summed E-state index contributed by atoms with van der Waals surface area (Å²) in [5, 5.41) is 0. The number of thiophene rings is 3. The molecule has 37 heavy (non-hydrogen) atoms. The van der Waals surface area contributed by atoms with Gasteiger partial charge in [0.2, 0.25) is 0 Å². The van der Waals surface area contributed by atoms with Crippen LogP contribution in [0, 0.1) is 23.3 Å². The van der Waals surface area contributed by atoms with Gasteiger partial charge in [0.1, 0.15) is 0 Å². The van der Waals surface area contributed by atoms with Crippen LogP contribution in [0.25, 0.3) is 29.9 Å². The molecular weight excluding hydrogens is 533 g/mol. The molecule has 0 N–H and O–H groups in total. The summed E-state index contributed by atoms with van der Waals surface area (Å²) >= 11 is 4.56. The molecule has 7 heteroatoms. The van der Waals surface area contributed by atoms with Gasteiger partial charge in [-0.2, -0.15) is 0 Å². The Morgan fingerprint density at radius 1 is 0.486 bits per heavy atom. The molecule has 0 saturated carbocycles. The Bertz CT molecular complexity index is 1290. The third kappa shape index (κ3) is 6.55. The topological polar surface area (TPSA) is 0 Å². The van der Waals surface area contributed by atoms with E-state index in [1.807, 2.05) is 13.0 Å². The molecule has 0 unspecified atom stereocenters. The molecule has 3 aromatic heterocycles. The van der Waals surface area contributed by atoms with E-state index in [4.69, 9.17) is 0 Å². The monoisotopic (exact) mass is 564 g/mol. The van der Waals surface area contributed by atoms with E-state index in [1.54, 1.807) is 34.8 Å². The zero-order valence-corrected chi connectivity index (χ0v) is 23.7. The largest absolute Gasteiger partial charge is 0.203 e. The predicted octanol–water partition coefficient (Wildman–Crippen LogP) is 11.7. The summed E-state index contributed by atoms with van der Waals surface area (Å²) in [7, 11) is 0. The molecular formula is C30H32F4S3. The summed E-state index contributed by atoms with van der Waals surface area (Å²) in [5.74, 6) is -5.17. The maximum absolute atomic E-state index is 15.0. The molecule has 0 radical (unpaired) electrons. The van der Waals surface area contributed by atoms with Crippen molar-refractivity contribution in [2.45, 2.75) is 78.1 Å². The molecule has 0 aliphatic heterocycles. The maximum atomic E-state index is 15.0. The first-order chi connectivity index (χ1) is 17.9. The van der Waals surface area contributed by atoms with Crippen LogP contribution in [0.1, 0.15) is 75.7 Å². The fourth-order valence-electron chi connectivity index (χ4n) is 4.42. The minimum absolute atomic E-state index is 0.0113. The van der Waals surface area contributed by atoms with Crippen LogP contribution in [0.2, 0.25) is 0 Å². The summed E-state index contributed by atoms with van der Waals surface area (Å²) in [5.41, 5.74) is -1.11. The maximum Gasteiger partial charge on any atom is 0.170 e. The van der Waals surface area contributed by atoms with E-state index in [0.717, 1.165) is 51.7 Å². The highest BCUT2D eigenvalue weighted by Gasteiger charge is 2.27. The fourth-order valence-corrected chi connectivity index (χ4v) is 7.69. The number of hydrogen-bond donors (Lipinski definition) is 0. The van der Waals surface area contributed by atoms with E-state index in [2.05, 4.69) is 25.1 Å². The molecule has 0 aliphatic rings. The van der Waals surface area contributed by atoms with E-state index in [1.165, 1.54) is 35.4 Å². The molecule has 0 spiro atoms. The number of unbranched alkanes of at least 4 members (excludes halogenated alkanes) is 6. The van der Waals surface area contributed by atoms with Gasteiger partial charge in [-0.1, -0.05) is 52.4 Å². The Labute approximate surface area is 229 Å². The van der Waals surface area contributed by atoms with Gasteiger partial charge < -0.3 is 0 Å². The lowest BCUT2D eigenvalue weighted by atomic mass is 10.0. The van der Waals surface area contributed by atoms with Crippen LogP contribution in [-0.2, 0) is 12.8 Å². The van der Waals surface area contributed by atoms with Crippen LogP contribution >= 0.6 is 34.0 Å². The second-order valence-corrected chi connectivity index (χ2v) is 12.7. The van der Waals surface area contributed by atoms with E-state index in [-0.39, 0.29) is 11.3 Å². The molecule has 4 aromatic rings. The smallest absolute Gasteiger partial charge is 0.170 e. The minimum Gasteiger partial charge on any atom is -0.203 e. The van der Waals surface area contributed by atoms with Crippen molar-refractivity contribution in [3.63, 3.8) is 0 Å². The van der Waals surface area contributed by atoms with E-state index < -0.39 is 34.4 Å². The Morgan fingerprint density at radius 3 is 1.51 bits per heavy atom.